The first-order valence-electron chi connectivity index (χ1n) is 12.0. The fourth-order valence-electron chi connectivity index (χ4n) is 4.77. The van der Waals surface area contributed by atoms with Gasteiger partial charge in [0.2, 0.25) is 5.95 Å². The van der Waals surface area contributed by atoms with Gasteiger partial charge in [-0.2, -0.15) is 4.98 Å². The van der Waals surface area contributed by atoms with Crippen LogP contribution < -0.4 is 10.6 Å². The minimum absolute atomic E-state index is 0.0741. The van der Waals surface area contributed by atoms with Gasteiger partial charge in [0.05, 0.1) is 38.6 Å². The Morgan fingerprint density at radius 3 is 2.71 bits per heavy atom. The monoisotopic (exact) mass is 508 g/mol. The number of nitrogens with zero attached hydrogens (tertiary/aromatic N) is 4. The molecule has 2 fully saturated rings. The molecular formula is C25H28N6O2S2. The number of hydrogen-bond donors (Lipinski definition) is 4. The molecule has 2 saturated carbocycles. The fourth-order valence-corrected chi connectivity index (χ4v) is 6.55. The van der Waals surface area contributed by atoms with Crippen LogP contribution in [0.1, 0.15) is 30.0 Å². The van der Waals surface area contributed by atoms with Crippen molar-refractivity contribution in [2.24, 2.45) is 11.8 Å². The Morgan fingerprint density at radius 2 is 1.94 bits per heavy atom. The van der Waals surface area contributed by atoms with Crippen LogP contribution >= 0.6 is 22.7 Å². The number of nitrogens with one attached hydrogen (secondary N) is 2. The number of rotatable bonds is 8. The molecule has 4 aromatic rings. The molecule has 0 bridgehead atoms. The third kappa shape index (κ3) is 4.75. The molecule has 6 rings (SSSR count). The number of aryl methyl sites for hydroxylation is 1. The zero-order chi connectivity index (χ0) is 23.9. The van der Waals surface area contributed by atoms with E-state index in [4.69, 9.17) is 15.0 Å². The van der Waals surface area contributed by atoms with Crippen LogP contribution in [0.25, 0.3) is 20.8 Å². The number of hydrogen-bond acceptors (Lipinski definition) is 10. The number of benzene rings is 1. The van der Waals surface area contributed by atoms with Gasteiger partial charge in [-0.25, -0.2) is 15.0 Å². The lowest BCUT2D eigenvalue weighted by molar-refractivity contribution is 0.0175. The van der Waals surface area contributed by atoms with E-state index in [0.29, 0.717) is 30.5 Å². The average molecular weight is 509 g/mol. The summed E-state index contributed by atoms with van der Waals surface area (Å²) in [6.45, 7) is 2.84. The van der Waals surface area contributed by atoms with Crippen LogP contribution in [0.2, 0.25) is 0 Å². The number of thiazole rings is 2. The first-order valence-corrected chi connectivity index (χ1v) is 13.7. The number of anilines is 2. The number of aliphatic hydroxyl groups excluding tert-OH is 2. The number of aromatic nitrogens is 4. The molecule has 4 atom stereocenters. The van der Waals surface area contributed by atoms with E-state index in [1.165, 1.54) is 12.8 Å². The van der Waals surface area contributed by atoms with Crippen LogP contribution in [0.3, 0.4) is 0 Å². The predicted octanol–water partition coefficient (Wildman–Crippen LogP) is 4.11. The highest BCUT2D eigenvalue weighted by atomic mass is 32.1. The highest BCUT2D eigenvalue weighted by Gasteiger charge is 2.42. The lowest BCUT2D eigenvalue weighted by Crippen LogP contribution is -2.35. The van der Waals surface area contributed by atoms with Crippen molar-refractivity contribution < 1.29 is 10.2 Å². The highest BCUT2D eigenvalue weighted by Crippen LogP contribution is 2.39. The summed E-state index contributed by atoms with van der Waals surface area (Å²) >= 11 is 3.18. The Morgan fingerprint density at radius 1 is 1.09 bits per heavy atom. The van der Waals surface area contributed by atoms with E-state index in [1.807, 2.05) is 30.5 Å². The minimum atomic E-state index is -0.902. The van der Waals surface area contributed by atoms with Gasteiger partial charge in [-0.05, 0) is 50.2 Å². The average Bonchev–Trinajstić information content (AvgIpc) is 3.24. The van der Waals surface area contributed by atoms with Crippen molar-refractivity contribution >= 4 is 44.7 Å². The van der Waals surface area contributed by atoms with Gasteiger partial charge in [0, 0.05) is 24.5 Å². The quantitative estimate of drug-likeness (QED) is 0.281. The molecule has 10 heteroatoms. The van der Waals surface area contributed by atoms with Crippen LogP contribution in [0, 0.1) is 18.8 Å². The first kappa shape index (κ1) is 22.8. The van der Waals surface area contributed by atoms with Crippen LogP contribution in [0.4, 0.5) is 11.8 Å². The van der Waals surface area contributed by atoms with Crippen molar-refractivity contribution in [1.29, 1.82) is 0 Å². The van der Waals surface area contributed by atoms with Crippen molar-refractivity contribution in [3.05, 3.63) is 46.5 Å². The molecular weight excluding hydrogens is 480 g/mol. The number of fused-ring (bicyclic) bond motifs is 1. The normalized spacial score (nSPS) is 24.2. The third-order valence-electron chi connectivity index (χ3n) is 6.89. The lowest BCUT2D eigenvalue weighted by Gasteiger charge is -2.21. The zero-order valence-corrected chi connectivity index (χ0v) is 21.0. The second-order valence-corrected chi connectivity index (χ2v) is 11.5. The fraction of sp³-hybridized carbons (Fsp3) is 0.440. The zero-order valence-electron chi connectivity index (χ0n) is 19.4. The van der Waals surface area contributed by atoms with Crippen molar-refractivity contribution in [1.82, 2.24) is 19.9 Å². The third-order valence-corrected chi connectivity index (χ3v) is 8.74. The van der Waals surface area contributed by atoms with Crippen LogP contribution in [0.15, 0.2) is 35.8 Å². The summed E-state index contributed by atoms with van der Waals surface area (Å²) in [5.74, 6) is 1.84. The van der Waals surface area contributed by atoms with E-state index in [0.717, 1.165) is 38.0 Å². The second kappa shape index (κ2) is 9.42. The summed E-state index contributed by atoms with van der Waals surface area (Å²) in [5.41, 5.74) is 2.61. The van der Waals surface area contributed by atoms with E-state index in [2.05, 4.69) is 21.7 Å². The molecule has 0 aliphatic heterocycles. The molecule has 182 valence electrons. The van der Waals surface area contributed by atoms with Crippen LogP contribution in [0.5, 0.6) is 0 Å². The molecule has 2 aliphatic rings. The highest BCUT2D eigenvalue weighted by molar-refractivity contribution is 7.21. The minimum Gasteiger partial charge on any atom is -0.390 e. The van der Waals surface area contributed by atoms with Gasteiger partial charge in [0.1, 0.15) is 16.9 Å². The van der Waals surface area contributed by atoms with Gasteiger partial charge in [-0.15, -0.1) is 22.7 Å². The van der Waals surface area contributed by atoms with Gasteiger partial charge >= 0.3 is 0 Å². The molecule has 0 spiro atoms. The van der Waals surface area contributed by atoms with Crippen molar-refractivity contribution in [3.8, 4) is 10.6 Å². The Balaban J connectivity index is 1.32. The van der Waals surface area contributed by atoms with E-state index >= 15 is 0 Å². The Labute approximate surface area is 211 Å². The second-order valence-electron chi connectivity index (χ2n) is 9.53. The van der Waals surface area contributed by atoms with Crippen LogP contribution in [-0.4, -0.2) is 54.9 Å². The SMILES string of the molecule is Cc1nc(NCC2CC2)nc(NC2CC(Cc3nccs3)C(O)C2O)c1-c1nc2ccccc2s1. The Hall–Kier alpha value is -2.66. The maximum atomic E-state index is 10.9. The molecule has 8 nitrogen and oxygen atoms in total. The maximum absolute atomic E-state index is 10.9. The molecule has 3 aromatic heterocycles. The predicted molar refractivity (Wildman–Crippen MR) is 140 cm³/mol. The van der Waals surface area contributed by atoms with Gasteiger partial charge in [0.25, 0.3) is 0 Å². The number of aliphatic hydroxyl groups is 2. The molecule has 3 heterocycles. The molecule has 0 radical (unpaired) electrons. The van der Waals surface area contributed by atoms with Crippen molar-refractivity contribution in [2.75, 3.05) is 17.2 Å². The van der Waals surface area contributed by atoms with E-state index in [9.17, 15) is 10.2 Å². The summed E-state index contributed by atoms with van der Waals surface area (Å²) in [6.07, 6.45) is 3.81. The molecule has 4 unspecified atom stereocenters. The maximum Gasteiger partial charge on any atom is 0.224 e. The van der Waals surface area contributed by atoms with Gasteiger partial charge in [-0.3, -0.25) is 0 Å². The summed E-state index contributed by atoms with van der Waals surface area (Å²) in [5, 5.41) is 32.3. The summed E-state index contributed by atoms with van der Waals surface area (Å²) in [4.78, 5) is 18.8. The largest absolute Gasteiger partial charge is 0.390 e. The molecule has 1 aromatic carbocycles. The van der Waals surface area contributed by atoms with Gasteiger partial charge in [-0.1, -0.05) is 12.1 Å². The van der Waals surface area contributed by atoms with E-state index in [1.54, 1.807) is 28.9 Å². The Bertz CT molecular complexity index is 1290. The summed E-state index contributed by atoms with van der Waals surface area (Å²) in [7, 11) is 0. The standard InChI is InChI=1S/C25H28N6O2S2/c1-13-20(24-30-16-4-2-3-5-18(16)35-24)23(31-25(28-13)27-12-14-6-7-14)29-17-10-15(21(32)22(17)33)11-19-26-8-9-34-19/h2-5,8-9,14-15,17,21-22,32-33H,6-7,10-12H2,1H3,(H2,27,28,29,31). The summed E-state index contributed by atoms with van der Waals surface area (Å²) < 4.78 is 1.10. The smallest absolute Gasteiger partial charge is 0.224 e. The van der Waals surface area contributed by atoms with E-state index in [-0.39, 0.29) is 12.0 Å². The lowest BCUT2D eigenvalue weighted by atomic mass is 10.0. The summed E-state index contributed by atoms with van der Waals surface area (Å²) in [6, 6.07) is 7.72. The van der Waals surface area contributed by atoms with E-state index < -0.39 is 12.2 Å². The van der Waals surface area contributed by atoms with Crippen molar-refractivity contribution in [2.45, 2.75) is 50.9 Å². The van der Waals surface area contributed by atoms with Crippen molar-refractivity contribution in [3.63, 3.8) is 0 Å². The molecule has 0 amide bonds. The molecule has 2 aliphatic carbocycles. The molecule has 0 saturated heterocycles. The first-order chi connectivity index (χ1) is 17.0. The molecule has 35 heavy (non-hydrogen) atoms. The molecule has 4 N–H and O–H groups in total. The van der Waals surface area contributed by atoms with Gasteiger partial charge in [0.15, 0.2) is 0 Å². The van der Waals surface area contributed by atoms with Gasteiger partial charge < -0.3 is 20.8 Å². The topological polar surface area (TPSA) is 116 Å². The number of para-hydroxylation sites is 1. The Kier molecular flexibility index (Phi) is 6.13. The van der Waals surface area contributed by atoms with Crippen LogP contribution in [-0.2, 0) is 6.42 Å².